The van der Waals surface area contributed by atoms with Crippen LogP contribution < -0.4 is 19.7 Å². The molecule has 242 valence electrons. The first-order valence-corrected chi connectivity index (χ1v) is 15.6. The summed E-state index contributed by atoms with van der Waals surface area (Å²) in [6, 6.07) is 22.2. The molecule has 0 saturated heterocycles. The molecule has 0 aliphatic rings. The highest BCUT2D eigenvalue weighted by Crippen LogP contribution is 2.35. The Labute approximate surface area is 274 Å². The Morgan fingerprint density at radius 2 is 1.77 bits per heavy atom. The maximum atomic E-state index is 13.1. The van der Waals surface area contributed by atoms with Gasteiger partial charge in [-0.3, -0.25) is 14.5 Å². The number of ether oxygens (including phenoxy) is 3. The quantitative estimate of drug-likeness (QED) is 0.126. The number of carbonyl (C=O) groups excluding carboxylic acids is 3. The van der Waals surface area contributed by atoms with Crippen molar-refractivity contribution in [1.82, 2.24) is 20.2 Å². The van der Waals surface area contributed by atoms with E-state index in [0.717, 1.165) is 12.0 Å². The molecule has 0 aliphatic heterocycles. The number of methoxy groups -OCH3 is 1. The number of hydrogen-bond donors (Lipinski definition) is 2. The lowest BCUT2D eigenvalue weighted by Crippen LogP contribution is -2.29. The van der Waals surface area contributed by atoms with Gasteiger partial charge in [0.25, 0.3) is 5.91 Å². The van der Waals surface area contributed by atoms with Gasteiger partial charge in [0.1, 0.15) is 23.8 Å². The number of carbonyl (C=O) groups is 3. The van der Waals surface area contributed by atoms with Gasteiger partial charge in [0.05, 0.1) is 30.7 Å². The summed E-state index contributed by atoms with van der Waals surface area (Å²) in [5, 5.41) is 26.7. The lowest BCUT2D eigenvalue weighted by atomic mass is 10.0. The van der Waals surface area contributed by atoms with Crippen LogP contribution >= 0.6 is 11.8 Å². The Balaban J connectivity index is 1.22. The molecule has 0 radical (unpaired) electrons. The molecule has 0 aliphatic carbocycles. The second-order valence-corrected chi connectivity index (χ2v) is 11.1. The number of tetrazole rings is 1. The van der Waals surface area contributed by atoms with Gasteiger partial charge in [0.2, 0.25) is 5.16 Å². The summed E-state index contributed by atoms with van der Waals surface area (Å²) in [6.07, 6.45) is 0.0822. The van der Waals surface area contributed by atoms with E-state index in [1.165, 1.54) is 34.5 Å². The van der Waals surface area contributed by atoms with Crippen LogP contribution in [0.3, 0.4) is 0 Å². The second-order valence-electron chi connectivity index (χ2n) is 10.2. The Bertz CT molecular complexity index is 1900. The largest absolute Gasteiger partial charge is 0.506 e. The first-order valence-electron chi connectivity index (χ1n) is 14.6. The average molecular weight is 657 g/mol. The van der Waals surface area contributed by atoms with E-state index in [0.29, 0.717) is 51.2 Å². The SMILES string of the molecule is CCCOC(=O)Cn1nnnc1SCc1ccc(OC(=O)N(C)c2cccc3c(O)c(C(=O)Nc4ccccc4OC)ccc23)cc1. The van der Waals surface area contributed by atoms with Crippen molar-refractivity contribution in [3.63, 3.8) is 0 Å². The number of para-hydroxylation sites is 2. The number of hydrogen-bond acceptors (Lipinski definition) is 11. The van der Waals surface area contributed by atoms with Crippen molar-refractivity contribution in [3.8, 4) is 17.2 Å². The minimum Gasteiger partial charge on any atom is -0.506 e. The number of esters is 1. The summed E-state index contributed by atoms with van der Waals surface area (Å²) >= 11 is 1.35. The predicted octanol–water partition coefficient (Wildman–Crippen LogP) is 5.67. The maximum absolute atomic E-state index is 13.1. The molecule has 1 heterocycles. The fraction of sp³-hybridized carbons (Fsp3) is 0.212. The van der Waals surface area contributed by atoms with Crippen molar-refractivity contribution in [2.75, 3.05) is 31.0 Å². The number of phenolic OH excluding ortho intramolecular Hbond substituents is 1. The predicted molar refractivity (Wildman–Crippen MR) is 176 cm³/mol. The Hall–Kier alpha value is -5.63. The first kappa shape index (κ1) is 32.8. The molecule has 0 spiro atoms. The molecule has 2 amide bonds. The molecule has 0 unspecified atom stereocenters. The first-order chi connectivity index (χ1) is 22.8. The second kappa shape index (κ2) is 15.1. The number of anilines is 2. The van der Waals surface area contributed by atoms with Crippen molar-refractivity contribution in [3.05, 3.63) is 90.0 Å². The monoisotopic (exact) mass is 656 g/mol. The fourth-order valence-corrected chi connectivity index (χ4v) is 5.42. The zero-order chi connectivity index (χ0) is 33.3. The molecule has 13 nitrogen and oxygen atoms in total. The molecular weight excluding hydrogens is 624 g/mol. The summed E-state index contributed by atoms with van der Waals surface area (Å²) in [6.45, 7) is 2.18. The number of amides is 2. The zero-order valence-corrected chi connectivity index (χ0v) is 26.7. The summed E-state index contributed by atoms with van der Waals surface area (Å²) < 4.78 is 17.4. The average Bonchev–Trinajstić information content (AvgIpc) is 3.53. The number of rotatable bonds is 12. The Morgan fingerprint density at radius 3 is 2.53 bits per heavy atom. The summed E-state index contributed by atoms with van der Waals surface area (Å²) in [5.41, 5.74) is 1.92. The summed E-state index contributed by atoms with van der Waals surface area (Å²) in [4.78, 5) is 39.4. The third kappa shape index (κ3) is 7.79. The number of nitrogens with one attached hydrogen (secondary N) is 1. The topological polar surface area (TPSA) is 158 Å². The Kier molecular flexibility index (Phi) is 10.5. The van der Waals surface area contributed by atoms with Crippen LogP contribution in [0.5, 0.6) is 17.2 Å². The van der Waals surface area contributed by atoms with Crippen LogP contribution in [0.4, 0.5) is 16.2 Å². The van der Waals surface area contributed by atoms with Gasteiger partial charge < -0.3 is 24.6 Å². The van der Waals surface area contributed by atoms with Gasteiger partial charge >= 0.3 is 12.1 Å². The molecule has 4 aromatic carbocycles. The number of benzene rings is 4. The van der Waals surface area contributed by atoms with E-state index in [-0.39, 0.29) is 17.9 Å². The van der Waals surface area contributed by atoms with Crippen molar-refractivity contribution in [1.29, 1.82) is 0 Å². The third-order valence-corrected chi connectivity index (χ3v) is 8.01. The van der Waals surface area contributed by atoms with Crippen LogP contribution in [-0.2, 0) is 21.8 Å². The van der Waals surface area contributed by atoms with Gasteiger partial charge in [-0.05, 0) is 58.8 Å². The summed E-state index contributed by atoms with van der Waals surface area (Å²) in [5.74, 6) is 0.180. The van der Waals surface area contributed by atoms with E-state index in [4.69, 9.17) is 14.2 Å². The van der Waals surface area contributed by atoms with Crippen molar-refractivity contribution >= 4 is 51.9 Å². The molecule has 2 N–H and O–H groups in total. The van der Waals surface area contributed by atoms with Crippen molar-refractivity contribution in [2.24, 2.45) is 0 Å². The minimum atomic E-state index is -0.647. The molecule has 0 atom stereocenters. The van der Waals surface area contributed by atoms with Gasteiger partial charge in [0, 0.05) is 23.6 Å². The van der Waals surface area contributed by atoms with Gasteiger partial charge in [-0.15, -0.1) is 5.10 Å². The number of phenols is 1. The van der Waals surface area contributed by atoms with Crippen LogP contribution in [0.2, 0.25) is 0 Å². The zero-order valence-electron chi connectivity index (χ0n) is 25.9. The molecule has 47 heavy (non-hydrogen) atoms. The number of aromatic nitrogens is 4. The van der Waals surface area contributed by atoms with Gasteiger partial charge in [-0.2, -0.15) is 0 Å². The van der Waals surface area contributed by atoms with Crippen LogP contribution in [0, 0.1) is 0 Å². The smallest absolute Gasteiger partial charge is 0.419 e. The number of aromatic hydroxyl groups is 1. The lowest BCUT2D eigenvalue weighted by molar-refractivity contribution is -0.144. The van der Waals surface area contributed by atoms with E-state index >= 15 is 0 Å². The highest BCUT2D eigenvalue weighted by atomic mass is 32.2. The van der Waals surface area contributed by atoms with Crippen molar-refractivity contribution < 1.29 is 33.7 Å². The Morgan fingerprint density at radius 1 is 0.979 bits per heavy atom. The highest BCUT2D eigenvalue weighted by molar-refractivity contribution is 7.98. The summed E-state index contributed by atoms with van der Waals surface area (Å²) in [7, 11) is 3.06. The molecule has 0 fully saturated rings. The van der Waals surface area contributed by atoms with Gasteiger partial charge in [-0.25, -0.2) is 9.48 Å². The van der Waals surface area contributed by atoms with Crippen molar-refractivity contribution in [2.45, 2.75) is 30.8 Å². The van der Waals surface area contributed by atoms with Gasteiger partial charge in [-0.1, -0.05) is 61.2 Å². The minimum absolute atomic E-state index is 0.0648. The lowest BCUT2D eigenvalue weighted by Gasteiger charge is -2.20. The normalized spacial score (nSPS) is 10.8. The number of nitrogens with zero attached hydrogens (tertiary/aromatic N) is 5. The third-order valence-electron chi connectivity index (χ3n) is 6.99. The van der Waals surface area contributed by atoms with E-state index in [1.54, 1.807) is 67.7 Å². The molecule has 0 bridgehead atoms. The standard InChI is InChI=1S/C33H32N6O7S/c1-4-18-45-29(40)19-39-32(35-36-37-39)47-20-21-12-14-22(15-13-21)46-33(43)38(2)27-10-7-8-24-23(27)16-17-25(30(24)41)31(42)34-26-9-5-6-11-28(26)44-3/h5-17,41H,4,18-20H2,1-3H3,(H,34,42). The molecule has 0 saturated carbocycles. The molecule has 5 aromatic rings. The molecule has 14 heteroatoms. The van der Waals surface area contributed by atoms with E-state index in [2.05, 4.69) is 20.8 Å². The van der Waals surface area contributed by atoms with Crippen LogP contribution in [0.1, 0.15) is 29.3 Å². The van der Waals surface area contributed by atoms with E-state index in [9.17, 15) is 19.5 Å². The number of thioether (sulfide) groups is 1. The molecule has 1 aromatic heterocycles. The molecule has 5 rings (SSSR count). The van der Waals surface area contributed by atoms with Crippen LogP contribution in [0.15, 0.2) is 84.0 Å². The van der Waals surface area contributed by atoms with Gasteiger partial charge in [0.15, 0.2) is 0 Å². The fourth-order valence-electron chi connectivity index (χ4n) is 4.59. The van der Waals surface area contributed by atoms with Crippen LogP contribution in [0.25, 0.3) is 10.8 Å². The van der Waals surface area contributed by atoms with E-state index < -0.39 is 18.0 Å². The van der Waals surface area contributed by atoms with Crippen LogP contribution in [-0.4, -0.2) is 64.0 Å². The maximum Gasteiger partial charge on any atom is 0.419 e. The highest BCUT2D eigenvalue weighted by Gasteiger charge is 2.21. The molecular formula is C33H32N6O7S. The number of fused-ring (bicyclic) bond motifs is 1. The van der Waals surface area contributed by atoms with E-state index in [1.807, 2.05) is 19.1 Å².